The van der Waals surface area contributed by atoms with Gasteiger partial charge in [-0.2, -0.15) is 5.10 Å². The second-order valence-electron chi connectivity index (χ2n) is 4.42. The fraction of sp³-hybridized carbons (Fsp3) is 0.286. The molecule has 1 amide bonds. The van der Waals surface area contributed by atoms with Gasteiger partial charge in [0, 0.05) is 24.5 Å². The van der Waals surface area contributed by atoms with Crippen LogP contribution < -0.4 is 5.32 Å². The van der Waals surface area contributed by atoms with E-state index >= 15 is 0 Å². The van der Waals surface area contributed by atoms with Crippen LogP contribution in [0.15, 0.2) is 24.4 Å². The maximum absolute atomic E-state index is 12.2. The van der Waals surface area contributed by atoms with Gasteiger partial charge in [0.25, 0.3) is 5.91 Å². The quantitative estimate of drug-likeness (QED) is 0.888. The number of benzene rings is 1. The molecule has 0 aliphatic carbocycles. The van der Waals surface area contributed by atoms with Crippen LogP contribution >= 0.6 is 0 Å². The average molecular weight is 259 g/mol. The van der Waals surface area contributed by atoms with E-state index < -0.39 is 0 Å². The summed E-state index contributed by atoms with van der Waals surface area (Å²) in [7, 11) is 1.79. The minimum Gasteiger partial charge on any atom is -0.508 e. The Morgan fingerprint density at radius 1 is 1.47 bits per heavy atom. The number of hydrogen-bond acceptors (Lipinski definition) is 3. The number of phenolic OH excluding ortho intramolecular Hbond substituents is 1. The number of hydrogen-bond donors (Lipinski definition) is 2. The van der Waals surface area contributed by atoms with Crippen LogP contribution in [0.1, 0.15) is 28.5 Å². The highest BCUT2D eigenvalue weighted by atomic mass is 16.3. The highest BCUT2D eigenvalue weighted by Gasteiger charge is 2.15. The first kappa shape index (κ1) is 13.1. The molecule has 0 atom stereocenters. The predicted molar refractivity (Wildman–Crippen MR) is 73.4 cm³/mol. The standard InChI is InChI=1S/C14H17N3O2/c1-4-11-10(8-17(3)16-11)14(19)15-12-6-5-7-13(18)9(12)2/h5-8,18H,4H2,1-3H3,(H,15,19). The highest BCUT2D eigenvalue weighted by molar-refractivity contribution is 6.05. The van der Waals surface area contributed by atoms with E-state index in [0.29, 0.717) is 23.2 Å². The smallest absolute Gasteiger partial charge is 0.259 e. The van der Waals surface area contributed by atoms with Gasteiger partial charge in [0.15, 0.2) is 0 Å². The lowest BCUT2D eigenvalue weighted by molar-refractivity contribution is 0.102. The summed E-state index contributed by atoms with van der Waals surface area (Å²) in [5.74, 6) is -0.0432. The van der Waals surface area contributed by atoms with Crippen molar-refractivity contribution in [1.82, 2.24) is 9.78 Å². The molecule has 0 spiro atoms. The minimum absolute atomic E-state index is 0.166. The summed E-state index contributed by atoms with van der Waals surface area (Å²) >= 11 is 0. The van der Waals surface area contributed by atoms with Crippen molar-refractivity contribution in [1.29, 1.82) is 0 Å². The van der Waals surface area contributed by atoms with E-state index in [9.17, 15) is 9.90 Å². The first-order valence-corrected chi connectivity index (χ1v) is 6.15. The van der Waals surface area contributed by atoms with Gasteiger partial charge in [-0.1, -0.05) is 13.0 Å². The summed E-state index contributed by atoms with van der Waals surface area (Å²) in [6.45, 7) is 3.72. The largest absolute Gasteiger partial charge is 0.508 e. The lowest BCUT2D eigenvalue weighted by Gasteiger charge is -2.09. The first-order valence-electron chi connectivity index (χ1n) is 6.15. The van der Waals surface area contributed by atoms with Crippen molar-refractivity contribution < 1.29 is 9.90 Å². The van der Waals surface area contributed by atoms with Gasteiger partial charge in [-0.15, -0.1) is 0 Å². The van der Waals surface area contributed by atoms with Crippen LogP contribution in [0.5, 0.6) is 5.75 Å². The molecule has 1 aromatic carbocycles. The fourth-order valence-corrected chi connectivity index (χ4v) is 1.93. The molecule has 2 N–H and O–H groups in total. The molecular weight excluding hydrogens is 242 g/mol. The minimum atomic E-state index is -0.210. The Hall–Kier alpha value is -2.30. The van der Waals surface area contributed by atoms with Gasteiger partial charge >= 0.3 is 0 Å². The Bertz CT molecular complexity index is 617. The number of phenols is 1. The maximum atomic E-state index is 12.2. The van der Waals surface area contributed by atoms with Gasteiger partial charge in [-0.25, -0.2) is 0 Å². The molecule has 0 bridgehead atoms. The van der Waals surface area contributed by atoms with Gasteiger partial charge in [-0.3, -0.25) is 9.48 Å². The number of aromatic nitrogens is 2. The summed E-state index contributed by atoms with van der Waals surface area (Å²) in [5.41, 5.74) is 2.58. The molecule has 5 heteroatoms. The third-order valence-electron chi connectivity index (χ3n) is 3.04. The summed E-state index contributed by atoms with van der Waals surface area (Å²) in [6.07, 6.45) is 2.40. The van der Waals surface area contributed by atoms with Crippen molar-refractivity contribution in [2.45, 2.75) is 20.3 Å². The lowest BCUT2D eigenvalue weighted by atomic mass is 10.1. The average Bonchev–Trinajstić information content (AvgIpc) is 2.76. The van der Waals surface area contributed by atoms with Crippen LogP contribution in [0.2, 0.25) is 0 Å². The molecule has 5 nitrogen and oxygen atoms in total. The molecule has 0 aliphatic heterocycles. The van der Waals surface area contributed by atoms with E-state index in [1.807, 2.05) is 6.92 Å². The van der Waals surface area contributed by atoms with E-state index in [2.05, 4.69) is 10.4 Å². The van der Waals surface area contributed by atoms with Gasteiger partial charge < -0.3 is 10.4 Å². The van der Waals surface area contributed by atoms with Crippen molar-refractivity contribution in [3.8, 4) is 5.75 Å². The third kappa shape index (κ3) is 2.59. The Morgan fingerprint density at radius 2 is 2.21 bits per heavy atom. The summed E-state index contributed by atoms with van der Waals surface area (Å²) in [5, 5.41) is 16.7. The van der Waals surface area contributed by atoms with Gasteiger partial charge in [0.2, 0.25) is 0 Å². The SMILES string of the molecule is CCc1nn(C)cc1C(=O)Nc1cccc(O)c1C. The van der Waals surface area contributed by atoms with E-state index in [4.69, 9.17) is 0 Å². The van der Waals surface area contributed by atoms with Crippen molar-refractivity contribution >= 4 is 11.6 Å². The fourth-order valence-electron chi connectivity index (χ4n) is 1.93. The van der Waals surface area contributed by atoms with Crippen LogP contribution in [-0.4, -0.2) is 20.8 Å². The van der Waals surface area contributed by atoms with E-state index in [1.165, 1.54) is 0 Å². The van der Waals surface area contributed by atoms with E-state index in [1.54, 1.807) is 43.0 Å². The second kappa shape index (κ2) is 5.14. The molecule has 2 rings (SSSR count). The Labute approximate surface area is 111 Å². The lowest BCUT2D eigenvalue weighted by Crippen LogP contribution is -2.13. The Balaban J connectivity index is 2.28. The molecule has 1 aromatic heterocycles. The zero-order valence-electron chi connectivity index (χ0n) is 11.3. The van der Waals surface area contributed by atoms with Crippen LogP contribution in [0, 0.1) is 6.92 Å². The predicted octanol–water partition coefficient (Wildman–Crippen LogP) is 2.25. The van der Waals surface area contributed by atoms with Crippen LogP contribution in [-0.2, 0) is 13.5 Å². The number of aryl methyl sites for hydroxylation is 2. The normalized spacial score (nSPS) is 10.5. The molecule has 0 unspecified atom stereocenters. The number of amides is 1. The number of carbonyl (C=O) groups excluding carboxylic acids is 1. The highest BCUT2D eigenvalue weighted by Crippen LogP contribution is 2.24. The number of rotatable bonds is 3. The van der Waals surface area contributed by atoms with Gasteiger partial charge in [0.1, 0.15) is 5.75 Å². The van der Waals surface area contributed by atoms with Crippen molar-refractivity contribution in [2.24, 2.45) is 7.05 Å². The zero-order chi connectivity index (χ0) is 14.0. The van der Waals surface area contributed by atoms with Crippen LogP contribution in [0.3, 0.4) is 0 Å². The first-order chi connectivity index (χ1) is 9.02. The molecule has 0 aliphatic rings. The molecule has 0 saturated heterocycles. The van der Waals surface area contributed by atoms with Gasteiger partial charge in [0.05, 0.1) is 11.3 Å². The summed E-state index contributed by atoms with van der Waals surface area (Å²) in [4.78, 5) is 12.2. The molecule has 0 fully saturated rings. The number of nitrogens with zero attached hydrogens (tertiary/aromatic N) is 2. The molecule has 0 saturated carbocycles. The Morgan fingerprint density at radius 3 is 2.89 bits per heavy atom. The molecular formula is C14H17N3O2. The van der Waals surface area contributed by atoms with E-state index in [0.717, 1.165) is 5.69 Å². The maximum Gasteiger partial charge on any atom is 0.259 e. The monoisotopic (exact) mass is 259 g/mol. The van der Waals surface area contributed by atoms with Crippen molar-refractivity contribution in [3.05, 3.63) is 41.2 Å². The number of aromatic hydroxyl groups is 1. The number of carbonyl (C=O) groups is 1. The number of nitrogens with one attached hydrogen (secondary N) is 1. The van der Waals surface area contributed by atoms with Crippen LogP contribution in [0.25, 0.3) is 0 Å². The number of anilines is 1. The van der Waals surface area contributed by atoms with Crippen molar-refractivity contribution in [2.75, 3.05) is 5.32 Å². The third-order valence-corrected chi connectivity index (χ3v) is 3.04. The topological polar surface area (TPSA) is 67.2 Å². The summed E-state index contributed by atoms with van der Waals surface area (Å²) < 4.78 is 1.63. The van der Waals surface area contributed by atoms with E-state index in [-0.39, 0.29) is 11.7 Å². The van der Waals surface area contributed by atoms with Crippen LogP contribution in [0.4, 0.5) is 5.69 Å². The molecule has 19 heavy (non-hydrogen) atoms. The zero-order valence-corrected chi connectivity index (χ0v) is 11.3. The second-order valence-corrected chi connectivity index (χ2v) is 4.42. The molecule has 2 aromatic rings. The molecule has 100 valence electrons. The van der Waals surface area contributed by atoms with Gasteiger partial charge in [-0.05, 0) is 25.5 Å². The van der Waals surface area contributed by atoms with Crippen molar-refractivity contribution in [3.63, 3.8) is 0 Å². The summed E-state index contributed by atoms with van der Waals surface area (Å²) in [6, 6.07) is 5.05. The molecule has 0 radical (unpaired) electrons. The Kier molecular flexibility index (Phi) is 3.55. The molecule has 1 heterocycles.